The Balaban J connectivity index is 1.96. The first-order valence-corrected chi connectivity index (χ1v) is 7.47. The molecule has 1 N–H and O–H groups in total. The van der Waals surface area contributed by atoms with Crippen molar-refractivity contribution in [2.75, 3.05) is 13.7 Å². The van der Waals surface area contributed by atoms with E-state index in [9.17, 15) is 0 Å². The Hall–Kier alpha value is -1.09. The van der Waals surface area contributed by atoms with Crippen molar-refractivity contribution in [2.45, 2.75) is 52.0 Å². The van der Waals surface area contributed by atoms with Crippen LogP contribution in [-0.4, -0.2) is 18.6 Å². The molecule has 106 valence electrons. The monoisotopic (exact) mass is 262 g/mol. The average Bonchev–Trinajstić information content (AvgIpc) is 2.32. The van der Waals surface area contributed by atoms with Gasteiger partial charge in [0.25, 0.3) is 0 Å². The first kappa shape index (κ1) is 14.3. The van der Waals surface area contributed by atoms with Crippen molar-refractivity contribution in [3.05, 3.63) is 23.4 Å². The standard InChI is InChI=1S/C16H26N2O/c1-12(2)15-9-14(11-17-3)10-16(18-15)19-8-7-13-5-4-6-13/h9-10,12-13,17H,4-8,11H2,1-3H3. The maximum absolute atomic E-state index is 5.85. The highest BCUT2D eigenvalue weighted by Crippen LogP contribution is 2.29. The van der Waals surface area contributed by atoms with Gasteiger partial charge in [0.2, 0.25) is 5.88 Å². The zero-order valence-electron chi connectivity index (χ0n) is 12.4. The third kappa shape index (κ3) is 4.20. The van der Waals surface area contributed by atoms with Crippen molar-refractivity contribution in [1.82, 2.24) is 10.3 Å². The van der Waals surface area contributed by atoms with Crippen molar-refractivity contribution >= 4 is 0 Å². The van der Waals surface area contributed by atoms with Gasteiger partial charge in [-0.15, -0.1) is 0 Å². The Morgan fingerprint density at radius 3 is 2.74 bits per heavy atom. The molecular formula is C16H26N2O. The molecule has 1 aromatic rings. The van der Waals surface area contributed by atoms with Crippen molar-refractivity contribution < 1.29 is 4.74 Å². The fourth-order valence-electron chi connectivity index (χ4n) is 2.37. The summed E-state index contributed by atoms with van der Waals surface area (Å²) in [6.45, 7) is 6.01. The van der Waals surface area contributed by atoms with Crippen LogP contribution in [0.25, 0.3) is 0 Å². The molecular weight excluding hydrogens is 236 g/mol. The summed E-state index contributed by atoms with van der Waals surface area (Å²) in [4.78, 5) is 4.61. The van der Waals surface area contributed by atoms with E-state index in [0.717, 1.165) is 30.6 Å². The zero-order chi connectivity index (χ0) is 13.7. The lowest BCUT2D eigenvalue weighted by Gasteiger charge is -2.25. The van der Waals surface area contributed by atoms with E-state index in [2.05, 4.69) is 36.3 Å². The van der Waals surface area contributed by atoms with E-state index in [-0.39, 0.29) is 0 Å². The van der Waals surface area contributed by atoms with Gasteiger partial charge in [-0.25, -0.2) is 4.98 Å². The van der Waals surface area contributed by atoms with Crippen molar-refractivity contribution in [2.24, 2.45) is 5.92 Å². The van der Waals surface area contributed by atoms with Crippen LogP contribution in [-0.2, 0) is 6.54 Å². The molecule has 1 aliphatic rings. The molecule has 1 fully saturated rings. The summed E-state index contributed by atoms with van der Waals surface area (Å²) in [6, 6.07) is 4.23. The van der Waals surface area contributed by atoms with Gasteiger partial charge in [0.1, 0.15) is 0 Å². The van der Waals surface area contributed by atoms with E-state index in [1.165, 1.54) is 31.2 Å². The molecule has 1 heterocycles. The number of nitrogens with one attached hydrogen (secondary N) is 1. The SMILES string of the molecule is CNCc1cc(OCCC2CCC2)nc(C(C)C)c1. The first-order valence-electron chi connectivity index (χ1n) is 7.47. The summed E-state index contributed by atoms with van der Waals surface area (Å²) in [5, 5.41) is 3.19. The predicted molar refractivity (Wildman–Crippen MR) is 78.5 cm³/mol. The van der Waals surface area contributed by atoms with Crippen LogP contribution in [0.15, 0.2) is 12.1 Å². The molecule has 0 spiro atoms. The molecule has 0 amide bonds. The van der Waals surface area contributed by atoms with Crippen LogP contribution < -0.4 is 10.1 Å². The van der Waals surface area contributed by atoms with Crippen molar-refractivity contribution in [3.63, 3.8) is 0 Å². The van der Waals surface area contributed by atoms with Gasteiger partial charge < -0.3 is 10.1 Å². The predicted octanol–water partition coefficient (Wildman–Crippen LogP) is 3.49. The Morgan fingerprint density at radius 1 is 1.37 bits per heavy atom. The summed E-state index contributed by atoms with van der Waals surface area (Å²) in [5.41, 5.74) is 2.37. The second-order valence-electron chi connectivity index (χ2n) is 5.86. The maximum atomic E-state index is 5.85. The van der Waals surface area contributed by atoms with Gasteiger partial charge in [-0.1, -0.05) is 33.1 Å². The molecule has 0 aliphatic heterocycles. The second-order valence-corrected chi connectivity index (χ2v) is 5.86. The molecule has 19 heavy (non-hydrogen) atoms. The van der Waals surface area contributed by atoms with Crippen LogP contribution in [0.4, 0.5) is 0 Å². The van der Waals surface area contributed by atoms with Gasteiger partial charge in [-0.3, -0.25) is 0 Å². The molecule has 0 aromatic carbocycles. The fourth-order valence-corrected chi connectivity index (χ4v) is 2.37. The average molecular weight is 262 g/mol. The van der Waals surface area contributed by atoms with Crippen LogP contribution in [0.1, 0.15) is 56.7 Å². The summed E-state index contributed by atoms with van der Waals surface area (Å²) in [6.07, 6.45) is 5.34. The summed E-state index contributed by atoms with van der Waals surface area (Å²) in [7, 11) is 1.96. The second kappa shape index (κ2) is 6.90. The van der Waals surface area contributed by atoms with Crippen LogP contribution in [0.5, 0.6) is 5.88 Å². The number of aromatic nitrogens is 1. The van der Waals surface area contributed by atoms with E-state index in [0.29, 0.717) is 5.92 Å². The number of hydrogen-bond acceptors (Lipinski definition) is 3. The van der Waals surface area contributed by atoms with E-state index in [4.69, 9.17) is 4.74 Å². The molecule has 1 aliphatic carbocycles. The molecule has 0 saturated heterocycles. The molecule has 0 bridgehead atoms. The third-order valence-electron chi connectivity index (χ3n) is 3.85. The van der Waals surface area contributed by atoms with Gasteiger partial charge in [0, 0.05) is 18.3 Å². The first-order chi connectivity index (χ1) is 9.19. The largest absolute Gasteiger partial charge is 0.478 e. The quantitative estimate of drug-likeness (QED) is 0.816. The molecule has 0 unspecified atom stereocenters. The van der Waals surface area contributed by atoms with Crippen molar-refractivity contribution in [1.29, 1.82) is 0 Å². The van der Waals surface area contributed by atoms with Gasteiger partial charge in [-0.2, -0.15) is 0 Å². The molecule has 0 radical (unpaired) electrons. The molecule has 3 heteroatoms. The highest BCUT2D eigenvalue weighted by molar-refractivity contribution is 5.26. The third-order valence-corrected chi connectivity index (χ3v) is 3.85. The summed E-state index contributed by atoms with van der Waals surface area (Å²) < 4.78 is 5.85. The minimum absolute atomic E-state index is 0.436. The Labute approximate surface area is 116 Å². The van der Waals surface area contributed by atoms with Crippen molar-refractivity contribution in [3.8, 4) is 5.88 Å². The summed E-state index contributed by atoms with van der Waals surface area (Å²) in [5.74, 6) is 2.12. The van der Waals surface area contributed by atoms with E-state index < -0.39 is 0 Å². The Bertz CT molecular complexity index is 400. The molecule has 1 saturated carbocycles. The number of ether oxygens (including phenoxy) is 1. The molecule has 1 aromatic heterocycles. The summed E-state index contributed by atoms with van der Waals surface area (Å²) >= 11 is 0. The van der Waals surface area contributed by atoms with Gasteiger partial charge in [0.05, 0.1) is 6.61 Å². The van der Waals surface area contributed by atoms with Gasteiger partial charge in [0.15, 0.2) is 0 Å². The number of hydrogen-bond donors (Lipinski definition) is 1. The number of rotatable bonds is 7. The lowest BCUT2D eigenvalue weighted by atomic mass is 9.83. The maximum Gasteiger partial charge on any atom is 0.213 e. The van der Waals surface area contributed by atoms with Crippen LogP contribution >= 0.6 is 0 Å². The number of nitrogens with zero attached hydrogens (tertiary/aromatic N) is 1. The molecule has 3 nitrogen and oxygen atoms in total. The van der Waals surface area contributed by atoms with Crippen LogP contribution in [0.2, 0.25) is 0 Å². The van der Waals surface area contributed by atoms with Gasteiger partial charge >= 0.3 is 0 Å². The van der Waals surface area contributed by atoms with E-state index in [1.807, 2.05) is 7.05 Å². The van der Waals surface area contributed by atoms with Gasteiger partial charge in [-0.05, 0) is 36.9 Å². The van der Waals surface area contributed by atoms with Crippen LogP contribution in [0, 0.1) is 5.92 Å². The lowest BCUT2D eigenvalue weighted by Crippen LogP contribution is -2.15. The van der Waals surface area contributed by atoms with E-state index in [1.54, 1.807) is 0 Å². The lowest BCUT2D eigenvalue weighted by molar-refractivity contribution is 0.217. The minimum Gasteiger partial charge on any atom is -0.478 e. The molecule has 0 atom stereocenters. The normalized spacial score (nSPS) is 15.6. The highest BCUT2D eigenvalue weighted by Gasteiger charge is 2.17. The Morgan fingerprint density at radius 2 is 2.16 bits per heavy atom. The molecule has 2 rings (SSSR count). The highest BCUT2D eigenvalue weighted by atomic mass is 16.5. The topological polar surface area (TPSA) is 34.1 Å². The Kier molecular flexibility index (Phi) is 5.20. The minimum atomic E-state index is 0.436. The smallest absolute Gasteiger partial charge is 0.213 e. The number of pyridine rings is 1. The van der Waals surface area contributed by atoms with Crippen LogP contribution in [0.3, 0.4) is 0 Å². The zero-order valence-corrected chi connectivity index (χ0v) is 12.4. The fraction of sp³-hybridized carbons (Fsp3) is 0.688. The van der Waals surface area contributed by atoms with E-state index >= 15 is 0 Å².